The number of rotatable bonds is 10. The lowest BCUT2D eigenvalue weighted by Crippen LogP contribution is -2.23. The molecule has 0 aliphatic heterocycles. The van der Waals surface area contributed by atoms with Crippen molar-refractivity contribution in [1.82, 2.24) is 20.2 Å². The highest BCUT2D eigenvalue weighted by Gasteiger charge is 2.54. The topological polar surface area (TPSA) is 98.8 Å². The van der Waals surface area contributed by atoms with Crippen LogP contribution in [0.2, 0.25) is 0 Å². The zero-order valence-electron chi connectivity index (χ0n) is 17.2. The number of aromatic nitrogens is 4. The summed E-state index contributed by atoms with van der Waals surface area (Å²) in [5, 5.41) is 25.0. The largest absolute Gasteiger partial charge is 0.396 e. The summed E-state index contributed by atoms with van der Waals surface area (Å²) in [7, 11) is 0. The Morgan fingerprint density at radius 3 is 2.73 bits per heavy atom. The molecule has 2 atom stereocenters. The molecular formula is C22H28N6OS. The number of hydrogen-bond acceptors (Lipinski definition) is 7. The van der Waals surface area contributed by atoms with Gasteiger partial charge in [-0.25, -0.2) is 0 Å². The molecule has 4 N–H and O–H groups in total. The summed E-state index contributed by atoms with van der Waals surface area (Å²) in [6.07, 6.45) is 5.22. The Labute approximate surface area is 180 Å². The molecule has 2 fully saturated rings. The Bertz CT molecular complexity index is 1020. The maximum Gasteiger partial charge on any atom is 0.226 e. The van der Waals surface area contributed by atoms with E-state index in [-0.39, 0.29) is 12.0 Å². The number of hydrogen-bond donors (Lipinski definition) is 4. The van der Waals surface area contributed by atoms with Crippen molar-refractivity contribution in [1.29, 1.82) is 0 Å². The zero-order valence-corrected chi connectivity index (χ0v) is 18.0. The summed E-state index contributed by atoms with van der Waals surface area (Å²) in [5.41, 5.74) is 1.86. The van der Waals surface area contributed by atoms with Gasteiger partial charge in [0.05, 0.1) is 18.2 Å². The third kappa shape index (κ3) is 3.74. The minimum Gasteiger partial charge on any atom is -0.396 e. The molecule has 158 valence electrons. The highest BCUT2D eigenvalue weighted by Crippen LogP contribution is 2.59. The number of aromatic amines is 1. The number of thioether (sulfide) groups is 1. The summed E-state index contributed by atoms with van der Waals surface area (Å²) in [6.45, 7) is 3.90. The normalized spacial score (nSPS) is 24.0. The molecule has 0 spiro atoms. The Kier molecular flexibility index (Phi) is 5.06. The molecule has 3 aromatic rings. The van der Waals surface area contributed by atoms with Gasteiger partial charge in [0.2, 0.25) is 5.95 Å². The van der Waals surface area contributed by atoms with Crippen LogP contribution in [0.4, 0.5) is 11.8 Å². The first kappa shape index (κ1) is 19.6. The van der Waals surface area contributed by atoms with E-state index in [1.807, 2.05) is 17.8 Å². The van der Waals surface area contributed by atoms with E-state index < -0.39 is 0 Å². The number of benzene rings is 1. The van der Waals surface area contributed by atoms with Crippen molar-refractivity contribution < 1.29 is 5.11 Å². The van der Waals surface area contributed by atoms with Crippen LogP contribution in [0.25, 0.3) is 11.0 Å². The number of nitrogens with zero attached hydrogens (tertiary/aromatic N) is 3. The van der Waals surface area contributed by atoms with E-state index in [0.29, 0.717) is 23.2 Å². The second-order valence-electron chi connectivity index (χ2n) is 8.54. The lowest BCUT2D eigenvalue weighted by Gasteiger charge is -2.18. The van der Waals surface area contributed by atoms with Crippen LogP contribution in [0.15, 0.2) is 36.5 Å². The van der Waals surface area contributed by atoms with Crippen molar-refractivity contribution in [3.05, 3.63) is 42.1 Å². The third-order valence-electron chi connectivity index (χ3n) is 6.45. The SMILES string of the molecule is CCSC1(CNc2nc(NC[C@@]3(CO)C[C@@H]3c3ccccc3)c3cn[nH]c3n2)CC1. The van der Waals surface area contributed by atoms with E-state index in [1.54, 1.807) is 6.20 Å². The van der Waals surface area contributed by atoms with Crippen molar-refractivity contribution in [3.63, 3.8) is 0 Å². The van der Waals surface area contributed by atoms with Crippen LogP contribution in [0.3, 0.4) is 0 Å². The van der Waals surface area contributed by atoms with Crippen LogP contribution in [-0.2, 0) is 0 Å². The standard InChI is InChI=1S/C22H28N6OS/c1-2-30-22(8-9-22)13-24-20-26-18(16-11-25-28-19(16)27-20)23-12-21(14-29)10-17(21)15-6-4-3-5-7-15/h3-7,11,17,29H,2,8-10,12-14H2,1H3,(H3,23,24,25,26,27,28)/t17-,21-/m1/s1. The second-order valence-corrected chi connectivity index (χ2v) is 10.3. The summed E-state index contributed by atoms with van der Waals surface area (Å²) in [4.78, 5) is 9.33. The highest BCUT2D eigenvalue weighted by atomic mass is 32.2. The van der Waals surface area contributed by atoms with E-state index in [9.17, 15) is 5.11 Å². The van der Waals surface area contributed by atoms with Crippen molar-refractivity contribution >= 4 is 34.6 Å². The molecule has 0 saturated heterocycles. The fourth-order valence-electron chi connectivity index (χ4n) is 4.30. The molecule has 7 nitrogen and oxygen atoms in total. The lowest BCUT2D eigenvalue weighted by molar-refractivity contribution is 0.215. The smallest absolute Gasteiger partial charge is 0.226 e. The second kappa shape index (κ2) is 7.74. The Morgan fingerprint density at radius 1 is 1.17 bits per heavy atom. The molecule has 2 aliphatic rings. The van der Waals surface area contributed by atoms with Gasteiger partial charge in [-0.15, -0.1) is 0 Å². The third-order valence-corrected chi connectivity index (χ3v) is 7.90. The van der Waals surface area contributed by atoms with Gasteiger partial charge in [-0.3, -0.25) is 5.10 Å². The summed E-state index contributed by atoms with van der Waals surface area (Å²) < 4.78 is 0.340. The molecular weight excluding hydrogens is 396 g/mol. The van der Waals surface area contributed by atoms with Crippen LogP contribution in [-0.4, -0.2) is 55.5 Å². The van der Waals surface area contributed by atoms with Gasteiger partial charge in [0, 0.05) is 23.3 Å². The van der Waals surface area contributed by atoms with E-state index in [1.165, 1.54) is 18.4 Å². The van der Waals surface area contributed by atoms with Crippen molar-refractivity contribution in [2.45, 2.75) is 36.9 Å². The van der Waals surface area contributed by atoms with Crippen LogP contribution < -0.4 is 10.6 Å². The summed E-state index contributed by atoms with van der Waals surface area (Å²) in [6, 6.07) is 10.4. The first-order valence-corrected chi connectivity index (χ1v) is 11.6. The van der Waals surface area contributed by atoms with Crippen LogP contribution in [0.1, 0.15) is 37.7 Å². The van der Waals surface area contributed by atoms with E-state index in [4.69, 9.17) is 4.98 Å². The molecule has 30 heavy (non-hydrogen) atoms. The Hall–Kier alpha value is -2.32. The number of H-pyrrole nitrogens is 1. The number of anilines is 2. The van der Waals surface area contributed by atoms with Gasteiger partial charge in [0.1, 0.15) is 5.82 Å². The van der Waals surface area contributed by atoms with Gasteiger partial charge in [-0.1, -0.05) is 37.3 Å². The van der Waals surface area contributed by atoms with Crippen molar-refractivity contribution in [2.75, 3.05) is 36.1 Å². The van der Waals surface area contributed by atoms with Crippen LogP contribution in [0.5, 0.6) is 0 Å². The predicted molar refractivity (Wildman–Crippen MR) is 122 cm³/mol. The van der Waals surface area contributed by atoms with Crippen LogP contribution in [0, 0.1) is 5.41 Å². The fourth-order valence-corrected chi connectivity index (χ4v) is 5.47. The molecule has 1 aromatic carbocycles. The molecule has 2 heterocycles. The molecule has 8 heteroatoms. The fraction of sp³-hybridized carbons (Fsp3) is 0.500. The molecule has 2 saturated carbocycles. The van der Waals surface area contributed by atoms with Gasteiger partial charge in [0.25, 0.3) is 0 Å². The van der Waals surface area contributed by atoms with Gasteiger partial charge in [-0.05, 0) is 36.5 Å². The van der Waals surface area contributed by atoms with Crippen LogP contribution >= 0.6 is 11.8 Å². The quantitative estimate of drug-likeness (QED) is 0.394. The summed E-state index contributed by atoms with van der Waals surface area (Å²) >= 11 is 2.01. The average Bonchev–Trinajstić information content (AvgIpc) is 3.66. The molecule has 0 radical (unpaired) electrons. The highest BCUT2D eigenvalue weighted by molar-refractivity contribution is 8.00. The number of aliphatic hydroxyl groups excluding tert-OH is 1. The molecule has 0 bridgehead atoms. The van der Waals surface area contributed by atoms with Gasteiger partial charge in [-0.2, -0.15) is 26.8 Å². The summed E-state index contributed by atoms with van der Waals surface area (Å²) in [5.74, 6) is 2.87. The number of nitrogens with one attached hydrogen (secondary N) is 3. The maximum atomic E-state index is 10.1. The van der Waals surface area contributed by atoms with E-state index in [0.717, 1.165) is 35.6 Å². The van der Waals surface area contributed by atoms with E-state index in [2.05, 4.69) is 57.0 Å². The predicted octanol–water partition coefficient (Wildman–Crippen LogP) is 3.63. The minimum atomic E-state index is -0.147. The average molecular weight is 425 g/mol. The first-order valence-electron chi connectivity index (χ1n) is 10.7. The maximum absolute atomic E-state index is 10.1. The van der Waals surface area contributed by atoms with Gasteiger partial charge >= 0.3 is 0 Å². The molecule has 0 amide bonds. The molecule has 2 aliphatic carbocycles. The van der Waals surface area contributed by atoms with Crippen molar-refractivity contribution in [3.8, 4) is 0 Å². The minimum absolute atomic E-state index is 0.147. The zero-order chi connectivity index (χ0) is 20.6. The molecule has 5 rings (SSSR count). The van der Waals surface area contributed by atoms with Crippen molar-refractivity contribution in [2.24, 2.45) is 5.41 Å². The van der Waals surface area contributed by atoms with E-state index >= 15 is 0 Å². The molecule has 0 unspecified atom stereocenters. The molecule has 2 aromatic heterocycles. The number of aliphatic hydroxyl groups is 1. The number of fused-ring (bicyclic) bond motifs is 1. The monoisotopic (exact) mass is 424 g/mol. The Morgan fingerprint density at radius 2 is 2.00 bits per heavy atom. The van der Waals surface area contributed by atoms with Gasteiger partial charge < -0.3 is 15.7 Å². The lowest BCUT2D eigenvalue weighted by atomic mass is 10.00. The first-order chi connectivity index (χ1) is 14.7. The van der Waals surface area contributed by atoms with Gasteiger partial charge in [0.15, 0.2) is 5.65 Å². The Balaban J connectivity index is 1.31.